The van der Waals surface area contributed by atoms with Gasteiger partial charge in [-0.2, -0.15) is 0 Å². The van der Waals surface area contributed by atoms with Crippen LogP contribution in [0.1, 0.15) is 5.56 Å². The summed E-state index contributed by atoms with van der Waals surface area (Å²) in [6, 6.07) is 13.7. The molecule has 0 aliphatic rings. The van der Waals surface area contributed by atoms with E-state index in [1.165, 1.54) is 0 Å². The van der Waals surface area contributed by atoms with E-state index in [4.69, 9.17) is 27.9 Å². The summed E-state index contributed by atoms with van der Waals surface area (Å²) in [4.78, 5) is 0. The zero-order valence-corrected chi connectivity index (χ0v) is 10.9. The average molecular weight is 267 g/mol. The maximum absolute atomic E-state index is 5.89. The summed E-state index contributed by atoms with van der Waals surface area (Å²) in [6.45, 7) is 0. The Balaban J connectivity index is 2.42. The molecule has 0 aromatic heterocycles. The van der Waals surface area contributed by atoms with Crippen molar-refractivity contribution < 1.29 is 4.74 Å². The maximum atomic E-state index is 5.89. The largest absolute Gasteiger partial charge is 0.496 e. The molecule has 0 unspecified atom stereocenters. The smallest absolute Gasteiger partial charge is 0.123 e. The molecule has 0 saturated heterocycles. The van der Waals surface area contributed by atoms with Crippen LogP contribution in [0.2, 0.25) is 5.02 Å². The van der Waals surface area contributed by atoms with Gasteiger partial charge in [0.2, 0.25) is 0 Å². The molecule has 0 heterocycles. The van der Waals surface area contributed by atoms with Gasteiger partial charge >= 0.3 is 0 Å². The summed E-state index contributed by atoms with van der Waals surface area (Å²) in [5.74, 6) is 1.25. The molecule has 0 aliphatic carbocycles. The van der Waals surface area contributed by atoms with Crippen molar-refractivity contribution in [1.82, 2.24) is 0 Å². The highest BCUT2D eigenvalue weighted by Gasteiger charge is 2.04. The lowest BCUT2D eigenvalue weighted by atomic mass is 10.0. The molecule has 0 radical (unpaired) electrons. The molecule has 2 rings (SSSR count). The van der Waals surface area contributed by atoms with Crippen LogP contribution in [0.4, 0.5) is 0 Å². The second-order valence-corrected chi connectivity index (χ2v) is 4.37. The monoisotopic (exact) mass is 266 g/mol. The third-order valence-electron chi connectivity index (χ3n) is 2.60. The molecule has 0 amide bonds. The molecule has 0 N–H and O–H groups in total. The van der Waals surface area contributed by atoms with Gasteiger partial charge in [0.15, 0.2) is 0 Å². The van der Waals surface area contributed by atoms with Crippen LogP contribution in [0.3, 0.4) is 0 Å². The number of hydrogen-bond acceptors (Lipinski definition) is 1. The van der Waals surface area contributed by atoms with Gasteiger partial charge in [-0.3, -0.25) is 0 Å². The Bertz CT molecular complexity index is 506. The van der Waals surface area contributed by atoms with E-state index in [9.17, 15) is 0 Å². The number of ether oxygens (including phenoxy) is 1. The number of halogens is 2. The SMILES string of the molecule is COc1ccc(-c2ccc(Cl)cc2)cc1CCl. The first-order valence-corrected chi connectivity index (χ1v) is 6.14. The number of hydrogen-bond donors (Lipinski definition) is 0. The van der Waals surface area contributed by atoms with Gasteiger partial charge in [0.05, 0.1) is 13.0 Å². The summed E-state index contributed by atoms with van der Waals surface area (Å²) < 4.78 is 5.24. The molecule has 2 aromatic rings. The minimum Gasteiger partial charge on any atom is -0.496 e. The number of alkyl halides is 1. The van der Waals surface area contributed by atoms with E-state index in [-0.39, 0.29) is 0 Å². The highest BCUT2D eigenvalue weighted by Crippen LogP contribution is 2.28. The van der Waals surface area contributed by atoms with Gasteiger partial charge in [0, 0.05) is 10.6 Å². The standard InChI is InChI=1S/C14H12Cl2O/c1-17-14-7-4-11(8-12(14)9-15)10-2-5-13(16)6-3-10/h2-8H,9H2,1H3. The van der Waals surface area contributed by atoms with E-state index in [1.54, 1.807) is 7.11 Å². The molecular weight excluding hydrogens is 255 g/mol. The molecule has 88 valence electrons. The second kappa shape index (κ2) is 5.44. The second-order valence-electron chi connectivity index (χ2n) is 3.67. The first-order chi connectivity index (χ1) is 8.24. The number of benzene rings is 2. The Morgan fingerprint density at radius 1 is 1.00 bits per heavy atom. The van der Waals surface area contributed by atoms with Gasteiger partial charge in [-0.1, -0.05) is 29.8 Å². The molecule has 0 atom stereocenters. The Kier molecular flexibility index (Phi) is 3.93. The van der Waals surface area contributed by atoms with Crippen molar-refractivity contribution in [3.8, 4) is 16.9 Å². The zero-order valence-electron chi connectivity index (χ0n) is 9.41. The van der Waals surface area contributed by atoms with E-state index < -0.39 is 0 Å². The van der Waals surface area contributed by atoms with E-state index in [0.29, 0.717) is 5.88 Å². The van der Waals surface area contributed by atoms with Crippen LogP contribution in [0.5, 0.6) is 5.75 Å². The molecule has 1 nitrogen and oxygen atoms in total. The highest BCUT2D eigenvalue weighted by atomic mass is 35.5. The van der Waals surface area contributed by atoms with E-state index in [0.717, 1.165) is 27.5 Å². The quantitative estimate of drug-likeness (QED) is 0.729. The van der Waals surface area contributed by atoms with E-state index in [2.05, 4.69) is 0 Å². The Labute approximate surface area is 111 Å². The van der Waals surface area contributed by atoms with Crippen LogP contribution < -0.4 is 4.74 Å². The van der Waals surface area contributed by atoms with Crippen molar-refractivity contribution in [3.63, 3.8) is 0 Å². The average Bonchev–Trinajstić information content (AvgIpc) is 2.39. The Hall–Kier alpha value is -1.18. The summed E-state index contributed by atoms with van der Waals surface area (Å²) in [5, 5.41) is 0.736. The lowest BCUT2D eigenvalue weighted by Crippen LogP contribution is -1.90. The number of rotatable bonds is 3. The molecule has 3 heteroatoms. The minimum absolute atomic E-state index is 0.435. The molecule has 0 aliphatic heterocycles. The van der Waals surface area contributed by atoms with Gasteiger partial charge < -0.3 is 4.74 Å². The topological polar surface area (TPSA) is 9.23 Å². The highest BCUT2D eigenvalue weighted by molar-refractivity contribution is 6.30. The van der Waals surface area contributed by atoms with Crippen LogP contribution in [0.25, 0.3) is 11.1 Å². The van der Waals surface area contributed by atoms with Crippen molar-refractivity contribution in [2.75, 3.05) is 7.11 Å². The maximum Gasteiger partial charge on any atom is 0.123 e. The first kappa shape index (κ1) is 12.3. The molecular formula is C14H12Cl2O. The third kappa shape index (κ3) is 2.74. The fourth-order valence-electron chi connectivity index (χ4n) is 1.70. The van der Waals surface area contributed by atoms with Crippen LogP contribution in [-0.2, 0) is 5.88 Å². The molecule has 0 bridgehead atoms. The predicted octanol–water partition coefficient (Wildman–Crippen LogP) is 4.75. The van der Waals surface area contributed by atoms with Gasteiger partial charge in [0.1, 0.15) is 5.75 Å². The van der Waals surface area contributed by atoms with Crippen LogP contribution in [0.15, 0.2) is 42.5 Å². The number of methoxy groups -OCH3 is 1. The van der Waals surface area contributed by atoms with Gasteiger partial charge in [0.25, 0.3) is 0 Å². The lowest BCUT2D eigenvalue weighted by molar-refractivity contribution is 0.411. The van der Waals surface area contributed by atoms with Crippen LogP contribution in [-0.4, -0.2) is 7.11 Å². The first-order valence-electron chi connectivity index (χ1n) is 5.23. The molecule has 0 fully saturated rings. The summed E-state index contributed by atoms with van der Waals surface area (Å²) in [6.07, 6.45) is 0. The fourth-order valence-corrected chi connectivity index (χ4v) is 2.04. The van der Waals surface area contributed by atoms with Crippen molar-refractivity contribution in [2.24, 2.45) is 0 Å². The Morgan fingerprint density at radius 2 is 1.65 bits per heavy atom. The fraction of sp³-hybridized carbons (Fsp3) is 0.143. The lowest BCUT2D eigenvalue weighted by Gasteiger charge is -2.09. The molecule has 0 spiro atoms. The molecule has 17 heavy (non-hydrogen) atoms. The summed E-state index contributed by atoms with van der Waals surface area (Å²) in [7, 11) is 1.65. The predicted molar refractivity (Wildman–Crippen MR) is 73.0 cm³/mol. The van der Waals surface area contributed by atoms with Gasteiger partial charge in [-0.15, -0.1) is 11.6 Å². The molecule has 2 aromatic carbocycles. The van der Waals surface area contributed by atoms with E-state index in [1.807, 2.05) is 42.5 Å². The third-order valence-corrected chi connectivity index (χ3v) is 3.14. The van der Waals surface area contributed by atoms with Crippen LogP contribution in [0, 0.1) is 0 Å². The van der Waals surface area contributed by atoms with Crippen molar-refractivity contribution >= 4 is 23.2 Å². The van der Waals surface area contributed by atoms with Crippen LogP contribution >= 0.6 is 23.2 Å². The van der Waals surface area contributed by atoms with Crippen molar-refractivity contribution in [2.45, 2.75) is 5.88 Å². The van der Waals surface area contributed by atoms with Crippen molar-refractivity contribution in [3.05, 3.63) is 53.1 Å². The summed E-state index contributed by atoms with van der Waals surface area (Å²) >= 11 is 11.8. The summed E-state index contributed by atoms with van der Waals surface area (Å²) in [5.41, 5.74) is 3.21. The van der Waals surface area contributed by atoms with Gasteiger partial charge in [-0.05, 0) is 35.4 Å². The zero-order chi connectivity index (χ0) is 12.3. The van der Waals surface area contributed by atoms with Gasteiger partial charge in [-0.25, -0.2) is 0 Å². The van der Waals surface area contributed by atoms with Crippen molar-refractivity contribution in [1.29, 1.82) is 0 Å². The molecule has 0 saturated carbocycles. The Morgan fingerprint density at radius 3 is 2.24 bits per heavy atom. The normalized spacial score (nSPS) is 10.3. The minimum atomic E-state index is 0.435. The van der Waals surface area contributed by atoms with E-state index >= 15 is 0 Å².